The Labute approximate surface area is 90.9 Å². The fraction of sp³-hybridized carbons (Fsp3) is 0.444. The molecule has 1 aliphatic rings. The number of hydrogen-bond donors (Lipinski definition) is 2. The number of rotatable bonds is 1. The van der Waals surface area contributed by atoms with Gasteiger partial charge in [-0.3, -0.25) is 0 Å². The smallest absolute Gasteiger partial charge is 0.165 e. The molecule has 3 heterocycles. The summed E-state index contributed by atoms with van der Waals surface area (Å²) in [4.78, 5) is 12.1. The summed E-state index contributed by atoms with van der Waals surface area (Å²) < 4.78 is 6.98. The zero-order valence-corrected chi connectivity index (χ0v) is 8.45. The molecule has 84 valence electrons. The molecule has 0 radical (unpaired) electrons. The van der Waals surface area contributed by atoms with Crippen LogP contribution in [0.25, 0.3) is 11.2 Å². The molecular formula is C9H11N5O2. The van der Waals surface area contributed by atoms with E-state index < -0.39 is 6.10 Å². The fourth-order valence-corrected chi connectivity index (χ4v) is 1.91. The van der Waals surface area contributed by atoms with E-state index in [0.717, 1.165) is 0 Å². The molecule has 7 nitrogen and oxygen atoms in total. The predicted molar refractivity (Wildman–Crippen MR) is 55.6 cm³/mol. The minimum absolute atomic E-state index is 0.153. The summed E-state index contributed by atoms with van der Waals surface area (Å²) in [7, 11) is 0. The second-order valence-corrected chi connectivity index (χ2v) is 3.76. The maximum atomic E-state index is 9.74. The van der Waals surface area contributed by atoms with Crippen LogP contribution in [0.3, 0.4) is 0 Å². The second kappa shape index (κ2) is 3.39. The van der Waals surface area contributed by atoms with Gasteiger partial charge in [0.2, 0.25) is 0 Å². The summed E-state index contributed by atoms with van der Waals surface area (Å²) in [6, 6.07) is -0.153. The molecule has 0 spiro atoms. The number of nitrogens with two attached hydrogens (primary N) is 1. The van der Waals surface area contributed by atoms with Crippen molar-refractivity contribution in [3.63, 3.8) is 0 Å². The third kappa shape index (κ3) is 1.25. The van der Waals surface area contributed by atoms with E-state index in [1.165, 1.54) is 6.33 Å². The van der Waals surface area contributed by atoms with Gasteiger partial charge in [-0.15, -0.1) is 0 Å². The molecule has 2 aromatic rings. The van der Waals surface area contributed by atoms with E-state index >= 15 is 0 Å². The Hall–Kier alpha value is -1.73. The fourth-order valence-electron chi connectivity index (χ4n) is 1.91. The summed E-state index contributed by atoms with van der Waals surface area (Å²) in [6.07, 6.45) is 2.46. The van der Waals surface area contributed by atoms with Crippen LogP contribution < -0.4 is 5.73 Å². The Morgan fingerprint density at radius 2 is 2.25 bits per heavy atom. The Bertz CT molecular complexity index is 526. The molecule has 1 aliphatic heterocycles. The Kier molecular flexibility index (Phi) is 2.01. The summed E-state index contributed by atoms with van der Waals surface area (Å²) in [6.45, 7) is 0.793. The largest absolute Gasteiger partial charge is 0.388 e. The Morgan fingerprint density at radius 1 is 1.38 bits per heavy atom. The van der Waals surface area contributed by atoms with E-state index in [2.05, 4.69) is 15.0 Å². The van der Waals surface area contributed by atoms with Gasteiger partial charge in [-0.2, -0.15) is 0 Å². The second-order valence-electron chi connectivity index (χ2n) is 3.76. The van der Waals surface area contributed by atoms with Gasteiger partial charge >= 0.3 is 0 Å². The lowest BCUT2D eigenvalue weighted by atomic mass is 10.2. The first-order valence-electron chi connectivity index (χ1n) is 4.96. The maximum Gasteiger partial charge on any atom is 0.165 e. The van der Waals surface area contributed by atoms with E-state index in [-0.39, 0.29) is 6.04 Å². The van der Waals surface area contributed by atoms with Crippen molar-refractivity contribution in [1.82, 2.24) is 19.5 Å². The van der Waals surface area contributed by atoms with Gasteiger partial charge in [0.15, 0.2) is 11.5 Å². The molecule has 1 unspecified atom stereocenters. The standard InChI is InChI=1S/C9H11N5O2/c10-8-7-9(12-3-11-8)14(4-13-7)5-1-16-2-6(5)15/h3-6,15H,1-2H2,(H2,10,11,12)/t5-,6?/m1/s1. The van der Waals surface area contributed by atoms with Crippen molar-refractivity contribution in [3.05, 3.63) is 12.7 Å². The van der Waals surface area contributed by atoms with Crippen molar-refractivity contribution in [3.8, 4) is 0 Å². The van der Waals surface area contributed by atoms with Gasteiger partial charge in [0.1, 0.15) is 17.9 Å². The van der Waals surface area contributed by atoms with Crippen molar-refractivity contribution in [1.29, 1.82) is 0 Å². The number of anilines is 1. The van der Waals surface area contributed by atoms with E-state index in [1.807, 2.05) is 0 Å². The minimum Gasteiger partial charge on any atom is -0.388 e. The maximum absolute atomic E-state index is 9.74. The normalized spacial score (nSPS) is 25.3. The van der Waals surface area contributed by atoms with Crippen LogP contribution in [0, 0.1) is 0 Å². The first-order chi connectivity index (χ1) is 7.77. The van der Waals surface area contributed by atoms with Crippen LogP contribution in [-0.4, -0.2) is 43.9 Å². The molecule has 0 saturated carbocycles. The zero-order chi connectivity index (χ0) is 11.1. The number of nitrogens with zero attached hydrogens (tertiary/aromatic N) is 4. The summed E-state index contributed by atoms with van der Waals surface area (Å²) in [5.41, 5.74) is 6.87. The summed E-state index contributed by atoms with van der Waals surface area (Å²) >= 11 is 0. The van der Waals surface area contributed by atoms with Crippen molar-refractivity contribution >= 4 is 17.0 Å². The van der Waals surface area contributed by atoms with Crippen LogP contribution in [0.2, 0.25) is 0 Å². The molecular weight excluding hydrogens is 210 g/mol. The van der Waals surface area contributed by atoms with Crippen LogP contribution in [0.4, 0.5) is 5.82 Å². The lowest BCUT2D eigenvalue weighted by Gasteiger charge is -2.14. The molecule has 1 fully saturated rings. The van der Waals surface area contributed by atoms with Gasteiger partial charge in [0, 0.05) is 0 Å². The van der Waals surface area contributed by atoms with Crippen LogP contribution in [0.5, 0.6) is 0 Å². The van der Waals surface area contributed by atoms with E-state index in [9.17, 15) is 5.11 Å². The highest BCUT2D eigenvalue weighted by atomic mass is 16.5. The van der Waals surface area contributed by atoms with Crippen LogP contribution in [0.15, 0.2) is 12.7 Å². The van der Waals surface area contributed by atoms with Crippen molar-refractivity contribution in [2.45, 2.75) is 12.1 Å². The minimum atomic E-state index is -0.534. The number of ether oxygens (including phenoxy) is 1. The molecule has 16 heavy (non-hydrogen) atoms. The third-order valence-corrected chi connectivity index (χ3v) is 2.77. The molecule has 2 atom stereocenters. The first-order valence-corrected chi connectivity index (χ1v) is 4.96. The molecule has 3 rings (SSSR count). The highest BCUT2D eigenvalue weighted by Gasteiger charge is 2.29. The highest BCUT2D eigenvalue weighted by molar-refractivity contribution is 5.81. The molecule has 2 aromatic heterocycles. The summed E-state index contributed by atoms with van der Waals surface area (Å²) in [5.74, 6) is 0.345. The molecule has 0 amide bonds. The Balaban J connectivity index is 2.14. The van der Waals surface area contributed by atoms with Gasteiger partial charge in [-0.05, 0) is 0 Å². The summed E-state index contributed by atoms with van der Waals surface area (Å²) in [5, 5.41) is 9.74. The Morgan fingerprint density at radius 3 is 3.00 bits per heavy atom. The lowest BCUT2D eigenvalue weighted by Crippen LogP contribution is -2.21. The average Bonchev–Trinajstić information content (AvgIpc) is 2.84. The SMILES string of the molecule is Nc1ncnc2c1ncn2[C@@H]1COCC1O. The molecule has 0 aliphatic carbocycles. The number of fused-ring (bicyclic) bond motifs is 1. The number of imidazole rings is 1. The van der Waals surface area contributed by atoms with Gasteiger partial charge in [0.25, 0.3) is 0 Å². The van der Waals surface area contributed by atoms with Crippen LogP contribution >= 0.6 is 0 Å². The third-order valence-electron chi connectivity index (χ3n) is 2.77. The lowest BCUT2D eigenvalue weighted by molar-refractivity contribution is 0.120. The zero-order valence-electron chi connectivity index (χ0n) is 8.45. The number of hydrogen-bond acceptors (Lipinski definition) is 6. The molecule has 0 bridgehead atoms. The number of nitrogen functional groups attached to an aromatic ring is 1. The first kappa shape index (κ1) is 9.49. The van der Waals surface area contributed by atoms with Gasteiger partial charge in [0.05, 0.1) is 25.6 Å². The molecule has 0 aromatic carbocycles. The van der Waals surface area contributed by atoms with Gasteiger partial charge in [-0.25, -0.2) is 15.0 Å². The van der Waals surface area contributed by atoms with E-state index in [0.29, 0.717) is 30.2 Å². The van der Waals surface area contributed by atoms with Gasteiger partial charge < -0.3 is 20.1 Å². The average molecular weight is 221 g/mol. The topological polar surface area (TPSA) is 99.1 Å². The molecule has 1 saturated heterocycles. The van der Waals surface area contributed by atoms with Gasteiger partial charge in [-0.1, -0.05) is 0 Å². The van der Waals surface area contributed by atoms with Crippen LogP contribution in [0.1, 0.15) is 6.04 Å². The number of aromatic nitrogens is 4. The predicted octanol–water partition coefficient (Wildman–Crippen LogP) is -0.659. The van der Waals surface area contributed by atoms with E-state index in [1.54, 1.807) is 10.9 Å². The number of aliphatic hydroxyl groups excluding tert-OH is 1. The van der Waals surface area contributed by atoms with Crippen LogP contribution in [-0.2, 0) is 4.74 Å². The number of aliphatic hydroxyl groups is 1. The van der Waals surface area contributed by atoms with Crippen molar-refractivity contribution < 1.29 is 9.84 Å². The van der Waals surface area contributed by atoms with Crippen molar-refractivity contribution in [2.24, 2.45) is 0 Å². The quantitative estimate of drug-likeness (QED) is 0.663. The highest BCUT2D eigenvalue weighted by Crippen LogP contribution is 2.24. The monoisotopic (exact) mass is 221 g/mol. The molecule has 7 heteroatoms. The van der Waals surface area contributed by atoms with E-state index in [4.69, 9.17) is 10.5 Å². The van der Waals surface area contributed by atoms with Crippen molar-refractivity contribution in [2.75, 3.05) is 18.9 Å². The molecule has 3 N–H and O–H groups in total.